The molecule has 0 spiro atoms. The van der Waals surface area contributed by atoms with Gasteiger partial charge in [0.25, 0.3) is 11.6 Å². The molecule has 0 N–H and O–H groups in total. The number of benzene rings is 1. The fourth-order valence-corrected chi connectivity index (χ4v) is 3.82. The molecule has 0 atom stereocenters. The Balaban J connectivity index is 1.96. The van der Waals surface area contributed by atoms with Gasteiger partial charge in [-0.2, -0.15) is 0 Å². The van der Waals surface area contributed by atoms with Crippen molar-refractivity contribution < 1.29 is 19.2 Å². The Morgan fingerprint density at radius 1 is 1.31 bits per heavy atom. The lowest BCUT2D eigenvalue weighted by molar-refractivity contribution is -0.385. The summed E-state index contributed by atoms with van der Waals surface area (Å²) in [7, 11) is 1.26. The van der Waals surface area contributed by atoms with Gasteiger partial charge in [0.05, 0.1) is 28.7 Å². The number of nitro groups is 1. The number of para-hydroxylation sites is 1. The average Bonchev–Trinajstić information content (AvgIpc) is 2.96. The maximum atomic E-state index is 13.1. The number of nitrogens with zero attached hydrogens (tertiary/aromatic N) is 2. The molecule has 7 heteroatoms. The molecule has 1 aliphatic carbocycles. The van der Waals surface area contributed by atoms with Crippen LogP contribution in [0.3, 0.4) is 0 Å². The summed E-state index contributed by atoms with van der Waals surface area (Å²) in [6, 6.07) is 6.13. The second-order valence-corrected chi connectivity index (χ2v) is 7.14. The predicted octanol–water partition coefficient (Wildman–Crippen LogP) is 4.16. The summed E-state index contributed by atoms with van der Waals surface area (Å²) in [6.07, 6.45) is 8.84. The average molecular weight is 396 g/mol. The lowest BCUT2D eigenvalue weighted by Gasteiger charge is -2.20. The summed E-state index contributed by atoms with van der Waals surface area (Å²) in [4.78, 5) is 37.9. The Bertz CT molecular complexity index is 942. The molecule has 0 saturated heterocycles. The van der Waals surface area contributed by atoms with Crippen molar-refractivity contribution in [3.63, 3.8) is 0 Å². The van der Waals surface area contributed by atoms with Gasteiger partial charge in [0.15, 0.2) is 0 Å². The highest BCUT2D eigenvalue weighted by atomic mass is 16.6. The van der Waals surface area contributed by atoms with Crippen LogP contribution in [0.4, 0.5) is 5.69 Å². The summed E-state index contributed by atoms with van der Waals surface area (Å²) in [5, 5.41) is 11.3. The first kappa shape index (κ1) is 20.5. The van der Waals surface area contributed by atoms with E-state index in [-0.39, 0.29) is 28.3 Å². The van der Waals surface area contributed by atoms with Crippen LogP contribution in [-0.4, -0.2) is 35.4 Å². The molecule has 1 aliphatic heterocycles. The summed E-state index contributed by atoms with van der Waals surface area (Å²) in [5.41, 5.74) is 2.28. The van der Waals surface area contributed by atoms with Crippen LogP contribution in [0.1, 0.15) is 44.6 Å². The van der Waals surface area contributed by atoms with Gasteiger partial charge in [-0.1, -0.05) is 23.8 Å². The number of allylic oxidation sites excluding steroid dienone is 2. The van der Waals surface area contributed by atoms with E-state index in [1.807, 2.05) is 0 Å². The molecule has 3 rings (SSSR count). The molecule has 1 aromatic rings. The topological polar surface area (TPSA) is 89.8 Å². The lowest BCUT2D eigenvalue weighted by Crippen LogP contribution is -2.26. The molecule has 0 radical (unpaired) electrons. The van der Waals surface area contributed by atoms with E-state index in [1.54, 1.807) is 30.0 Å². The molecule has 1 aromatic carbocycles. The van der Waals surface area contributed by atoms with E-state index in [0.29, 0.717) is 12.2 Å². The van der Waals surface area contributed by atoms with Crippen LogP contribution in [0.25, 0.3) is 6.08 Å². The monoisotopic (exact) mass is 396 g/mol. The second-order valence-electron chi connectivity index (χ2n) is 7.14. The van der Waals surface area contributed by atoms with Crippen molar-refractivity contribution in [2.45, 2.75) is 39.0 Å². The predicted molar refractivity (Wildman–Crippen MR) is 109 cm³/mol. The van der Waals surface area contributed by atoms with Crippen LogP contribution >= 0.6 is 0 Å². The van der Waals surface area contributed by atoms with Gasteiger partial charge < -0.3 is 9.64 Å². The van der Waals surface area contributed by atoms with Gasteiger partial charge in [0.2, 0.25) is 0 Å². The number of carbonyl (C=O) groups is 2. The van der Waals surface area contributed by atoms with Crippen LogP contribution in [-0.2, 0) is 14.3 Å². The third kappa shape index (κ3) is 4.29. The fourth-order valence-electron chi connectivity index (χ4n) is 3.82. The van der Waals surface area contributed by atoms with Crippen molar-refractivity contribution in [2.24, 2.45) is 0 Å². The first-order valence-electron chi connectivity index (χ1n) is 9.68. The standard InChI is InChI=1S/C22H24N2O5/c1-15-20(22(26)29-2)18(14-17-10-6-7-11-19(17)24(27)28)21(25)23(15)13-12-16-8-4-3-5-9-16/h6-8,10-11,14H,3-5,9,12-13H2,1-2H3/b18-14+. The normalized spacial score (nSPS) is 18.3. The maximum absolute atomic E-state index is 13.1. The van der Waals surface area contributed by atoms with E-state index in [9.17, 15) is 19.7 Å². The van der Waals surface area contributed by atoms with E-state index < -0.39 is 10.9 Å². The third-order valence-corrected chi connectivity index (χ3v) is 5.38. The number of nitro benzene ring substituents is 1. The summed E-state index contributed by atoms with van der Waals surface area (Å²) >= 11 is 0. The van der Waals surface area contributed by atoms with Gasteiger partial charge in [-0.15, -0.1) is 0 Å². The molecule has 7 nitrogen and oxygen atoms in total. The third-order valence-electron chi connectivity index (χ3n) is 5.38. The Morgan fingerprint density at radius 2 is 2.07 bits per heavy atom. The Hall–Kier alpha value is -3.22. The minimum absolute atomic E-state index is 0.125. The number of esters is 1. The number of rotatable bonds is 6. The largest absolute Gasteiger partial charge is 0.465 e. The Labute approximate surface area is 169 Å². The van der Waals surface area contributed by atoms with E-state index in [4.69, 9.17) is 4.74 Å². The Kier molecular flexibility index (Phi) is 6.26. The molecule has 0 aromatic heterocycles. The van der Waals surface area contributed by atoms with Crippen LogP contribution < -0.4 is 0 Å². The molecule has 0 unspecified atom stereocenters. The minimum Gasteiger partial charge on any atom is -0.465 e. The van der Waals surface area contributed by atoms with Gasteiger partial charge in [0.1, 0.15) is 0 Å². The molecule has 152 valence electrons. The number of carbonyl (C=O) groups excluding carboxylic acids is 2. The van der Waals surface area contributed by atoms with Crippen molar-refractivity contribution >= 4 is 23.6 Å². The maximum Gasteiger partial charge on any atom is 0.340 e. The molecule has 29 heavy (non-hydrogen) atoms. The number of methoxy groups -OCH3 is 1. The van der Waals surface area contributed by atoms with Crippen LogP contribution in [0.2, 0.25) is 0 Å². The highest BCUT2D eigenvalue weighted by Crippen LogP contribution is 2.34. The van der Waals surface area contributed by atoms with Crippen molar-refractivity contribution in [1.29, 1.82) is 0 Å². The molecular weight excluding hydrogens is 372 g/mol. The van der Waals surface area contributed by atoms with Crippen molar-refractivity contribution in [3.05, 3.63) is 68.4 Å². The highest BCUT2D eigenvalue weighted by Gasteiger charge is 2.37. The molecule has 2 aliphatic rings. The summed E-state index contributed by atoms with van der Waals surface area (Å²) in [6.45, 7) is 2.17. The van der Waals surface area contributed by atoms with Gasteiger partial charge in [-0.25, -0.2) is 4.79 Å². The van der Waals surface area contributed by atoms with E-state index in [2.05, 4.69) is 6.08 Å². The van der Waals surface area contributed by atoms with Gasteiger partial charge >= 0.3 is 5.97 Å². The second kappa shape index (κ2) is 8.86. The molecule has 1 amide bonds. The van der Waals surface area contributed by atoms with E-state index in [0.717, 1.165) is 25.7 Å². The Morgan fingerprint density at radius 3 is 2.72 bits per heavy atom. The quantitative estimate of drug-likeness (QED) is 0.237. The molecule has 0 fully saturated rings. The van der Waals surface area contributed by atoms with Crippen molar-refractivity contribution in [3.8, 4) is 0 Å². The minimum atomic E-state index is -0.625. The van der Waals surface area contributed by atoms with Gasteiger partial charge in [-0.05, 0) is 51.2 Å². The van der Waals surface area contributed by atoms with Crippen LogP contribution in [0.15, 0.2) is 52.8 Å². The van der Waals surface area contributed by atoms with Crippen LogP contribution in [0.5, 0.6) is 0 Å². The summed E-state index contributed by atoms with van der Waals surface area (Å²) in [5.74, 6) is -0.961. The van der Waals surface area contributed by atoms with Gasteiger partial charge in [0, 0.05) is 18.3 Å². The number of hydrogen-bond donors (Lipinski definition) is 0. The zero-order chi connectivity index (χ0) is 21.0. The molecular formula is C22H24N2O5. The van der Waals surface area contributed by atoms with Crippen LogP contribution in [0, 0.1) is 10.1 Å². The van der Waals surface area contributed by atoms with Gasteiger partial charge in [-0.3, -0.25) is 14.9 Å². The fraction of sp³-hybridized carbons (Fsp3) is 0.364. The van der Waals surface area contributed by atoms with Crippen molar-refractivity contribution in [1.82, 2.24) is 4.90 Å². The number of ether oxygens (including phenoxy) is 1. The molecule has 1 heterocycles. The zero-order valence-electron chi connectivity index (χ0n) is 16.6. The SMILES string of the molecule is COC(=O)C1=C(C)N(CCC2=CCCCC2)C(=O)/C1=C/c1ccccc1[N+](=O)[O-]. The van der Waals surface area contributed by atoms with Crippen molar-refractivity contribution in [2.75, 3.05) is 13.7 Å². The smallest absolute Gasteiger partial charge is 0.340 e. The molecule has 0 bridgehead atoms. The number of amides is 1. The number of hydrogen-bond acceptors (Lipinski definition) is 5. The molecule has 0 saturated carbocycles. The van der Waals surface area contributed by atoms with E-state index >= 15 is 0 Å². The zero-order valence-corrected chi connectivity index (χ0v) is 16.6. The highest BCUT2D eigenvalue weighted by molar-refractivity contribution is 6.16. The first-order chi connectivity index (χ1) is 13.9. The first-order valence-corrected chi connectivity index (χ1v) is 9.68. The summed E-state index contributed by atoms with van der Waals surface area (Å²) < 4.78 is 4.88. The van der Waals surface area contributed by atoms with E-state index in [1.165, 1.54) is 31.2 Å². The lowest BCUT2D eigenvalue weighted by atomic mass is 9.97.